The van der Waals surface area contributed by atoms with Gasteiger partial charge in [0.25, 0.3) is 11.5 Å². The summed E-state index contributed by atoms with van der Waals surface area (Å²) in [6.07, 6.45) is 9.75. The molecule has 0 atom stereocenters. The maximum absolute atomic E-state index is 13.0. The first kappa shape index (κ1) is 20.3. The number of hydrogen-bond acceptors (Lipinski definition) is 4. The number of para-hydroxylation sites is 2. The highest BCUT2D eigenvalue weighted by Gasteiger charge is 2.51. The molecular weight excluding hydrogens is 388 g/mol. The molecule has 2 N–H and O–H groups in total. The van der Waals surface area contributed by atoms with Gasteiger partial charge in [-0.05, 0) is 80.9 Å². The summed E-state index contributed by atoms with van der Waals surface area (Å²) in [4.78, 5) is 25.0. The van der Waals surface area contributed by atoms with Gasteiger partial charge >= 0.3 is 0 Å². The number of carbonyl (C=O) groups excluding carboxylic acids is 1. The number of aryl methyl sites for hydroxylation is 1. The van der Waals surface area contributed by atoms with Crippen LogP contribution < -0.4 is 16.2 Å². The third-order valence-corrected chi connectivity index (χ3v) is 7.44. The number of unbranched alkanes of at least 4 members (excludes halogenated alkanes) is 1. The molecule has 1 aromatic carbocycles. The molecule has 6 heteroatoms. The first-order chi connectivity index (χ1) is 15.0. The van der Waals surface area contributed by atoms with Crippen LogP contribution in [0.4, 0.5) is 11.4 Å². The van der Waals surface area contributed by atoms with Gasteiger partial charge in [0.2, 0.25) is 0 Å². The van der Waals surface area contributed by atoms with E-state index in [4.69, 9.17) is 0 Å². The van der Waals surface area contributed by atoms with Gasteiger partial charge in [0.05, 0.1) is 11.4 Å². The predicted molar refractivity (Wildman–Crippen MR) is 122 cm³/mol. The highest BCUT2D eigenvalue weighted by Crippen LogP contribution is 2.56. The van der Waals surface area contributed by atoms with Gasteiger partial charge in [-0.2, -0.15) is 5.10 Å². The summed E-state index contributed by atoms with van der Waals surface area (Å²) < 4.78 is 1.39. The molecule has 1 aromatic heterocycles. The van der Waals surface area contributed by atoms with Gasteiger partial charge in [-0.25, -0.2) is 4.68 Å². The van der Waals surface area contributed by atoms with E-state index in [-0.39, 0.29) is 22.7 Å². The molecule has 6 rings (SSSR count). The molecule has 0 spiro atoms. The van der Waals surface area contributed by atoms with E-state index in [0.29, 0.717) is 6.54 Å². The van der Waals surface area contributed by atoms with E-state index in [1.165, 1.54) is 55.3 Å². The maximum Gasteiger partial charge on any atom is 0.276 e. The molecule has 0 unspecified atom stereocenters. The van der Waals surface area contributed by atoms with Crippen LogP contribution in [-0.4, -0.2) is 21.2 Å². The van der Waals surface area contributed by atoms with Crippen LogP contribution in [0, 0.1) is 17.8 Å². The maximum atomic E-state index is 13.0. The highest BCUT2D eigenvalue weighted by atomic mass is 16.2. The molecule has 4 fully saturated rings. The van der Waals surface area contributed by atoms with Crippen molar-refractivity contribution in [2.75, 3.05) is 10.6 Å². The number of carbonyl (C=O) groups is 1. The Hall–Kier alpha value is -2.63. The van der Waals surface area contributed by atoms with Crippen LogP contribution in [-0.2, 0) is 6.54 Å². The van der Waals surface area contributed by atoms with Crippen molar-refractivity contribution in [2.45, 2.75) is 70.4 Å². The second-order valence-electron chi connectivity index (χ2n) is 9.96. The number of aromatic nitrogens is 2. The zero-order valence-corrected chi connectivity index (χ0v) is 18.3. The van der Waals surface area contributed by atoms with Crippen molar-refractivity contribution in [3.05, 3.63) is 52.4 Å². The Morgan fingerprint density at radius 2 is 1.68 bits per heavy atom. The molecule has 0 aliphatic heterocycles. The van der Waals surface area contributed by atoms with Crippen molar-refractivity contribution >= 4 is 17.3 Å². The quantitative estimate of drug-likeness (QED) is 0.682. The van der Waals surface area contributed by atoms with E-state index in [1.807, 2.05) is 18.2 Å². The Kier molecular flexibility index (Phi) is 5.32. The molecule has 4 aliphatic rings. The first-order valence-electron chi connectivity index (χ1n) is 11.8. The van der Waals surface area contributed by atoms with Crippen LogP contribution in [0.2, 0.25) is 0 Å². The molecule has 0 saturated heterocycles. The van der Waals surface area contributed by atoms with Crippen LogP contribution in [0.15, 0.2) is 41.2 Å². The fourth-order valence-electron chi connectivity index (χ4n) is 6.47. The topological polar surface area (TPSA) is 76.0 Å². The third-order valence-electron chi connectivity index (χ3n) is 7.44. The molecule has 4 bridgehead atoms. The van der Waals surface area contributed by atoms with Gasteiger partial charge in [-0.3, -0.25) is 9.59 Å². The van der Waals surface area contributed by atoms with Gasteiger partial charge in [0.15, 0.2) is 0 Å². The molecular formula is C25H32N4O2. The van der Waals surface area contributed by atoms with Gasteiger partial charge in [-0.1, -0.05) is 25.5 Å². The minimum atomic E-state index is -0.287. The number of benzene rings is 1. The van der Waals surface area contributed by atoms with Gasteiger partial charge in [-0.15, -0.1) is 0 Å². The fraction of sp³-hybridized carbons (Fsp3) is 0.560. The average molecular weight is 421 g/mol. The average Bonchev–Trinajstić information content (AvgIpc) is 2.73. The second-order valence-corrected chi connectivity index (χ2v) is 9.96. The Morgan fingerprint density at radius 1 is 1.03 bits per heavy atom. The molecule has 1 heterocycles. The number of rotatable bonds is 7. The molecule has 4 aliphatic carbocycles. The van der Waals surface area contributed by atoms with Crippen LogP contribution >= 0.6 is 0 Å². The van der Waals surface area contributed by atoms with Crippen molar-refractivity contribution in [3.63, 3.8) is 0 Å². The number of hydrogen-bond donors (Lipinski definition) is 2. The number of nitrogens with one attached hydrogen (secondary N) is 2. The van der Waals surface area contributed by atoms with E-state index in [1.54, 1.807) is 0 Å². The summed E-state index contributed by atoms with van der Waals surface area (Å²) in [6.45, 7) is 2.59. The second kappa shape index (κ2) is 8.13. The Balaban J connectivity index is 1.34. The zero-order valence-electron chi connectivity index (χ0n) is 18.3. The lowest BCUT2D eigenvalue weighted by molar-refractivity contribution is 0.0107. The summed E-state index contributed by atoms with van der Waals surface area (Å²) in [7, 11) is 0. The van der Waals surface area contributed by atoms with E-state index < -0.39 is 0 Å². The van der Waals surface area contributed by atoms with Crippen molar-refractivity contribution < 1.29 is 4.79 Å². The summed E-state index contributed by atoms with van der Waals surface area (Å²) in [5, 5.41) is 11.2. The van der Waals surface area contributed by atoms with Crippen LogP contribution in [0.3, 0.4) is 0 Å². The van der Waals surface area contributed by atoms with E-state index in [9.17, 15) is 9.59 Å². The first-order valence-corrected chi connectivity index (χ1v) is 11.8. The van der Waals surface area contributed by atoms with Gasteiger partial charge in [0, 0.05) is 18.2 Å². The Morgan fingerprint density at radius 3 is 2.32 bits per heavy atom. The molecule has 2 aromatic rings. The summed E-state index contributed by atoms with van der Waals surface area (Å²) in [6, 6.07) is 10.9. The van der Waals surface area contributed by atoms with Crippen molar-refractivity contribution in [3.8, 4) is 0 Å². The van der Waals surface area contributed by atoms with Crippen molar-refractivity contribution in [1.29, 1.82) is 0 Å². The number of nitrogens with zero attached hydrogens (tertiary/aromatic N) is 2. The fourth-order valence-corrected chi connectivity index (χ4v) is 6.47. The van der Waals surface area contributed by atoms with Gasteiger partial charge < -0.3 is 10.6 Å². The minimum absolute atomic E-state index is 0.168. The standard InChI is InChI=1S/C25H32N4O2/c1-2-3-10-29-23(30)9-8-22(28-29)24(31)26-20-6-4-5-7-21(20)27-25-14-17-11-18(15-25)13-19(12-17)16-25/h4-9,17-19,27H,2-3,10-16H2,1H3,(H,26,31). The van der Waals surface area contributed by atoms with E-state index >= 15 is 0 Å². The highest BCUT2D eigenvalue weighted by molar-refractivity contribution is 6.04. The third kappa shape index (κ3) is 4.12. The molecule has 1 amide bonds. The lowest BCUT2D eigenvalue weighted by atomic mass is 9.53. The van der Waals surface area contributed by atoms with Crippen molar-refractivity contribution in [2.24, 2.45) is 17.8 Å². The lowest BCUT2D eigenvalue weighted by Crippen LogP contribution is -2.54. The Labute approximate surface area is 183 Å². The van der Waals surface area contributed by atoms with Crippen LogP contribution in [0.5, 0.6) is 0 Å². The molecule has 0 radical (unpaired) electrons. The van der Waals surface area contributed by atoms with Crippen LogP contribution in [0.1, 0.15) is 68.8 Å². The zero-order chi connectivity index (χ0) is 21.4. The Bertz CT molecular complexity index is 993. The van der Waals surface area contributed by atoms with Crippen molar-refractivity contribution in [1.82, 2.24) is 9.78 Å². The van der Waals surface area contributed by atoms with Gasteiger partial charge in [0.1, 0.15) is 5.69 Å². The largest absolute Gasteiger partial charge is 0.378 e. The minimum Gasteiger partial charge on any atom is -0.378 e. The lowest BCUT2D eigenvalue weighted by Gasteiger charge is -2.57. The molecule has 4 saturated carbocycles. The summed E-state index contributed by atoms with van der Waals surface area (Å²) in [5.74, 6) is 2.28. The monoisotopic (exact) mass is 420 g/mol. The predicted octanol–water partition coefficient (Wildman–Crippen LogP) is 4.68. The smallest absolute Gasteiger partial charge is 0.276 e. The molecule has 164 valence electrons. The SMILES string of the molecule is CCCCn1nc(C(=O)Nc2ccccc2NC23CC4CC(CC(C4)C2)C3)ccc1=O. The summed E-state index contributed by atoms with van der Waals surface area (Å²) >= 11 is 0. The normalized spacial score (nSPS) is 28.5. The summed E-state index contributed by atoms with van der Waals surface area (Å²) in [5.41, 5.74) is 2.02. The van der Waals surface area contributed by atoms with Crippen LogP contribution in [0.25, 0.3) is 0 Å². The molecule has 6 nitrogen and oxygen atoms in total. The number of anilines is 2. The van der Waals surface area contributed by atoms with E-state index in [0.717, 1.165) is 42.0 Å². The van der Waals surface area contributed by atoms with E-state index in [2.05, 4.69) is 28.7 Å². The molecule has 31 heavy (non-hydrogen) atoms. The number of amides is 1.